The van der Waals surface area contributed by atoms with Crippen molar-refractivity contribution >= 4 is 5.91 Å². The SMILES string of the molecule is Cc1nccn1CCN1CCN(C(=O)C23CC4CC(CC(C4)C2)C3)CC1. The monoisotopic (exact) mass is 356 g/mol. The molecule has 142 valence electrons. The van der Waals surface area contributed by atoms with E-state index < -0.39 is 0 Å². The van der Waals surface area contributed by atoms with Crippen molar-refractivity contribution in [2.45, 2.75) is 52.0 Å². The highest BCUT2D eigenvalue weighted by Crippen LogP contribution is 2.60. The summed E-state index contributed by atoms with van der Waals surface area (Å²) >= 11 is 0. The number of imidazole rings is 1. The van der Waals surface area contributed by atoms with Crippen LogP contribution in [0.3, 0.4) is 0 Å². The molecule has 0 atom stereocenters. The minimum absolute atomic E-state index is 0.0326. The van der Waals surface area contributed by atoms with E-state index in [9.17, 15) is 4.79 Å². The zero-order valence-electron chi connectivity index (χ0n) is 16.1. The Morgan fingerprint density at radius 1 is 1.04 bits per heavy atom. The molecule has 4 aliphatic carbocycles. The third kappa shape index (κ3) is 2.88. The molecular weight excluding hydrogens is 324 g/mol. The van der Waals surface area contributed by atoms with Gasteiger partial charge in [0.15, 0.2) is 0 Å². The number of rotatable bonds is 4. The molecule has 4 bridgehead atoms. The molecular formula is C21H32N4O. The lowest BCUT2D eigenvalue weighted by molar-refractivity contribution is -0.159. The average Bonchev–Trinajstić information content (AvgIpc) is 3.04. The molecule has 26 heavy (non-hydrogen) atoms. The molecule has 6 rings (SSSR count). The second-order valence-corrected chi connectivity index (χ2v) is 9.50. The zero-order valence-corrected chi connectivity index (χ0v) is 16.1. The number of carbonyl (C=O) groups is 1. The minimum Gasteiger partial charge on any atom is -0.340 e. The summed E-state index contributed by atoms with van der Waals surface area (Å²) in [5, 5.41) is 0. The number of hydrogen-bond acceptors (Lipinski definition) is 3. The van der Waals surface area contributed by atoms with Gasteiger partial charge in [-0.2, -0.15) is 0 Å². The number of carbonyl (C=O) groups excluding carboxylic acids is 1. The van der Waals surface area contributed by atoms with Crippen LogP contribution in [-0.4, -0.2) is 58.0 Å². The van der Waals surface area contributed by atoms with Crippen LogP contribution in [0.1, 0.15) is 44.3 Å². The van der Waals surface area contributed by atoms with Gasteiger partial charge in [0.2, 0.25) is 5.91 Å². The maximum absolute atomic E-state index is 13.4. The Kier molecular flexibility index (Phi) is 4.11. The van der Waals surface area contributed by atoms with Gasteiger partial charge in [-0.05, 0) is 63.2 Å². The van der Waals surface area contributed by atoms with Gasteiger partial charge in [-0.1, -0.05) is 0 Å². The van der Waals surface area contributed by atoms with Crippen LogP contribution in [0, 0.1) is 30.1 Å². The first-order valence-electron chi connectivity index (χ1n) is 10.6. The second kappa shape index (κ2) is 6.36. The number of amides is 1. The van der Waals surface area contributed by atoms with Crippen molar-refractivity contribution in [3.8, 4) is 0 Å². The van der Waals surface area contributed by atoms with Gasteiger partial charge in [-0.25, -0.2) is 4.98 Å². The van der Waals surface area contributed by atoms with Crippen LogP contribution in [0.5, 0.6) is 0 Å². The first kappa shape index (κ1) is 16.8. The Morgan fingerprint density at radius 3 is 2.19 bits per heavy atom. The van der Waals surface area contributed by atoms with Gasteiger partial charge in [-0.15, -0.1) is 0 Å². The van der Waals surface area contributed by atoms with Crippen molar-refractivity contribution in [3.05, 3.63) is 18.2 Å². The summed E-state index contributed by atoms with van der Waals surface area (Å²) in [6, 6.07) is 0. The summed E-state index contributed by atoms with van der Waals surface area (Å²) in [5.74, 6) is 4.15. The van der Waals surface area contributed by atoms with E-state index in [0.29, 0.717) is 5.91 Å². The van der Waals surface area contributed by atoms with E-state index in [2.05, 4.69) is 32.5 Å². The predicted molar refractivity (Wildman–Crippen MR) is 101 cm³/mol. The number of aryl methyl sites for hydroxylation is 1. The standard InChI is InChI=1S/C21H32N4O/c1-16-22-2-3-24(16)7-4-23-5-8-25(9-6-23)20(26)21-13-17-10-18(14-21)12-19(11-17)15-21/h2-3,17-19H,4-15H2,1H3. The smallest absolute Gasteiger partial charge is 0.228 e. The van der Waals surface area contributed by atoms with E-state index in [0.717, 1.165) is 62.8 Å². The number of nitrogens with zero attached hydrogens (tertiary/aromatic N) is 4. The van der Waals surface area contributed by atoms with Gasteiger partial charge < -0.3 is 9.47 Å². The van der Waals surface area contributed by atoms with E-state index >= 15 is 0 Å². The highest BCUT2D eigenvalue weighted by molar-refractivity contribution is 5.83. The molecule has 0 spiro atoms. The number of hydrogen-bond donors (Lipinski definition) is 0. The molecule has 0 N–H and O–H groups in total. The summed E-state index contributed by atoms with van der Waals surface area (Å²) in [6.45, 7) is 7.98. The van der Waals surface area contributed by atoms with E-state index in [4.69, 9.17) is 0 Å². The Bertz CT molecular complexity index is 638. The normalized spacial score (nSPS) is 36.7. The predicted octanol–water partition coefficient (Wildman–Crippen LogP) is 2.55. The molecule has 5 heteroatoms. The Morgan fingerprint density at radius 2 is 1.65 bits per heavy atom. The van der Waals surface area contributed by atoms with E-state index in [1.165, 1.54) is 38.5 Å². The Hall–Kier alpha value is -1.36. The van der Waals surface area contributed by atoms with Crippen molar-refractivity contribution in [3.63, 3.8) is 0 Å². The summed E-state index contributed by atoms with van der Waals surface area (Å²) in [7, 11) is 0. The van der Waals surface area contributed by atoms with Gasteiger partial charge >= 0.3 is 0 Å². The van der Waals surface area contributed by atoms with Crippen LogP contribution in [0.4, 0.5) is 0 Å². The van der Waals surface area contributed by atoms with Crippen molar-refractivity contribution < 1.29 is 4.79 Å². The molecule has 0 unspecified atom stereocenters. The second-order valence-electron chi connectivity index (χ2n) is 9.50. The molecule has 1 aliphatic heterocycles. The summed E-state index contributed by atoms with van der Waals surface area (Å²) in [6.07, 6.45) is 11.7. The number of aromatic nitrogens is 2. The van der Waals surface area contributed by atoms with Crippen molar-refractivity contribution in [2.75, 3.05) is 32.7 Å². The zero-order chi connectivity index (χ0) is 17.7. The molecule has 2 heterocycles. The first-order valence-corrected chi connectivity index (χ1v) is 10.6. The summed E-state index contributed by atoms with van der Waals surface area (Å²) in [4.78, 5) is 22.5. The summed E-state index contributed by atoms with van der Waals surface area (Å²) in [5.41, 5.74) is 0.0326. The molecule has 1 aromatic heterocycles. The van der Waals surface area contributed by atoms with Crippen molar-refractivity contribution in [1.29, 1.82) is 0 Å². The maximum Gasteiger partial charge on any atom is 0.228 e. The molecule has 0 aromatic carbocycles. The fourth-order valence-electron chi connectivity index (χ4n) is 6.77. The van der Waals surface area contributed by atoms with Gasteiger partial charge in [0.1, 0.15) is 5.82 Å². The lowest BCUT2D eigenvalue weighted by atomic mass is 9.49. The molecule has 0 radical (unpaired) electrons. The molecule has 5 nitrogen and oxygen atoms in total. The summed E-state index contributed by atoms with van der Waals surface area (Å²) < 4.78 is 2.22. The van der Waals surface area contributed by atoms with Crippen LogP contribution in [0.2, 0.25) is 0 Å². The van der Waals surface area contributed by atoms with E-state index in [1.807, 2.05) is 6.20 Å². The van der Waals surface area contributed by atoms with Gasteiger partial charge in [0.05, 0.1) is 5.41 Å². The van der Waals surface area contributed by atoms with Crippen LogP contribution >= 0.6 is 0 Å². The third-order valence-corrected chi connectivity index (χ3v) is 7.73. The molecule has 5 fully saturated rings. The first-order chi connectivity index (χ1) is 12.6. The molecule has 1 amide bonds. The highest BCUT2D eigenvalue weighted by Gasteiger charge is 2.55. The maximum atomic E-state index is 13.4. The fourth-order valence-corrected chi connectivity index (χ4v) is 6.77. The Balaban J connectivity index is 1.17. The molecule has 4 saturated carbocycles. The van der Waals surface area contributed by atoms with Crippen molar-refractivity contribution in [1.82, 2.24) is 19.4 Å². The van der Waals surface area contributed by atoms with E-state index in [-0.39, 0.29) is 5.41 Å². The van der Waals surface area contributed by atoms with Crippen molar-refractivity contribution in [2.24, 2.45) is 23.2 Å². The minimum atomic E-state index is 0.0326. The topological polar surface area (TPSA) is 41.4 Å². The van der Waals surface area contributed by atoms with Crippen LogP contribution in [-0.2, 0) is 11.3 Å². The third-order valence-electron chi connectivity index (χ3n) is 7.73. The quantitative estimate of drug-likeness (QED) is 0.833. The van der Waals surface area contributed by atoms with Gasteiger partial charge in [0, 0.05) is 51.7 Å². The lowest BCUT2D eigenvalue weighted by Gasteiger charge is -2.57. The largest absolute Gasteiger partial charge is 0.340 e. The average molecular weight is 357 g/mol. The molecule has 1 aromatic rings. The Labute approximate surface area is 156 Å². The van der Waals surface area contributed by atoms with Gasteiger partial charge in [-0.3, -0.25) is 9.69 Å². The van der Waals surface area contributed by atoms with E-state index in [1.54, 1.807) is 0 Å². The molecule has 1 saturated heterocycles. The van der Waals surface area contributed by atoms with Crippen LogP contribution < -0.4 is 0 Å². The van der Waals surface area contributed by atoms with Crippen LogP contribution in [0.15, 0.2) is 12.4 Å². The van der Waals surface area contributed by atoms with Gasteiger partial charge in [0.25, 0.3) is 0 Å². The van der Waals surface area contributed by atoms with Crippen LogP contribution in [0.25, 0.3) is 0 Å². The number of piperazine rings is 1. The highest BCUT2D eigenvalue weighted by atomic mass is 16.2. The lowest BCUT2D eigenvalue weighted by Crippen LogP contribution is -2.58. The fraction of sp³-hybridized carbons (Fsp3) is 0.810. The molecule has 5 aliphatic rings.